The Morgan fingerprint density at radius 2 is 1.70 bits per heavy atom. The summed E-state index contributed by atoms with van der Waals surface area (Å²) in [5, 5.41) is 20.0. The Bertz CT molecular complexity index is 883. The lowest BCUT2D eigenvalue weighted by atomic mass is 10.1. The average Bonchev–Trinajstić information content (AvgIpc) is 2.54. The first-order valence-electron chi connectivity index (χ1n) is 6.84. The topological polar surface area (TPSA) is 98.9 Å². The van der Waals surface area contributed by atoms with E-state index in [1.54, 1.807) is 0 Å². The predicted molar refractivity (Wildman–Crippen MR) is 78.2 cm³/mol. The molecule has 0 saturated heterocycles. The summed E-state index contributed by atoms with van der Waals surface area (Å²) in [6.45, 7) is -3.33. The molecule has 0 atom stereocenters. The third-order valence-corrected chi connectivity index (χ3v) is 3.11. The van der Waals surface area contributed by atoms with Crippen molar-refractivity contribution in [2.24, 2.45) is 0 Å². The Morgan fingerprint density at radius 1 is 1.07 bits per heavy atom. The SMILES string of the molecule is O=C(O)c1ccc(OC(F)F)c(Oc2ccc(C(F)(F)F)cc2[N+](=O)[O-])c1. The standard InChI is InChI=1S/C15H8F5NO6/c16-14(17)27-11-3-1-7(13(22)23)5-12(11)26-10-4-2-8(15(18,19)20)6-9(10)21(24)25/h1-6,14H,(H,22,23). The van der Waals surface area contributed by atoms with Crippen LogP contribution in [-0.2, 0) is 6.18 Å². The van der Waals surface area contributed by atoms with Crippen LogP contribution in [0.15, 0.2) is 36.4 Å². The number of carboxylic acid groups (broad SMARTS) is 1. The summed E-state index contributed by atoms with van der Waals surface area (Å²) in [5.41, 5.74) is -2.86. The highest BCUT2D eigenvalue weighted by Gasteiger charge is 2.33. The van der Waals surface area contributed by atoms with E-state index in [1.807, 2.05) is 0 Å². The van der Waals surface area contributed by atoms with Crippen LogP contribution in [0, 0.1) is 10.1 Å². The Hall–Kier alpha value is -3.44. The van der Waals surface area contributed by atoms with Crippen LogP contribution in [0.25, 0.3) is 0 Å². The molecule has 0 aliphatic heterocycles. The molecule has 0 saturated carbocycles. The van der Waals surface area contributed by atoms with Gasteiger partial charge in [-0.05, 0) is 30.3 Å². The van der Waals surface area contributed by atoms with Gasteiger partial charge in [-0.15, -0.1) is 0 Å². The quantitative estimate of drug-likeness (QED) is 0.434. The number of nitrogens with zero attached hydrogens (tertiary/aromatic N) is 1. The second-order valence-corrected chi connectivity index (χ2v) is 4.88. The lowest BCUT2D eigenvalue weighted by Crippen LogP contribution is -2.07. The molecule has 0 heterocycles. The van der Waals surface area contributed by atoms with Crippen LogP contribution in [0.5, 0.6) is 17.2 Å². The van der Waals surface area contributed by atoms with Crippen LogP contribution >= 0.6 is 0 Å². The molecule has 0 fully saturated rings. The maximum atomic E-state index is 12.7. The van der Waals surface area contributed by atoms with Crippen LogP contribution in [0.1, 0.15) is 15.9 Å². The number of carboxylic acids is 1. The Morgan fingerprint density at radius 3 is 2.22 bits per heavy atom. The molecular weight excluding hydrogens is 385 g/mol. The number of hydrogen-bond donors (Lipinski definition) is 1. The van der Waals surface area contributed by atoms with Gasteiger partial charge in [0.2, 0.25) is 5.75 Å². The zero-order valence-corrected chi connectivity index (χ0v) is 12.9. The number of alkyl halides is 5. The van der Waals surface area contributed by atoms with Crippen molar-refractivity contribution in [3.8, 4) is 17.2 Å². The molecule has 1 N–H and O–H groups in total. The van der Waals surface area contributed by atoms with Crippen LogP contribution in [0.2, 0.25) is 0 Å². The summed E-state index contributed by atoms with van der Waals surface area (Å²) in [4.78, 5) is 20.9. The fourth-order valence-corrected chi connectivity index (χ4v) is 1.96. The molecule has 2 rings (SSSR count). The highest BCUT2D eigenvalue weighted by atomic mass is 19.4. The monoisotopic (exact) mass is 393 g/mol. The van der Waals surface area contributed by atoms with E-state index in [1.165, 1.54) is 0 Å². The summed E-state index contributed by atoms with van der Waals surface area (Å²) >= 11 is 0. The van der Waals surface area contributed by atoms with Crippen LogP contribution in [-0.4, -0.2) is 22.6 Å². The van der Waals surface area contributed by atoms with Gasteiger partial charge in [-0.1, -0.05) is 0 Å². The molecule has 2 aromatic rings. The third-order valence-electron chi connectivity index (χ3n) is 3.11. The maximum absolute atomic E-state index is 12.7. The van der Waals surface area contributed by atoms with Gasteiger partial charge in [0.15, 0.2) is 11.5 Å². The van der Waals surface area contributed by atoms with Gasteiger partial charge in [-0.2, -0.15) is 22.0 Å². The van der Waals surface area contributed by atoms with Crippen molar-refractivity contribution in [3.63, 3.8) is 0 Å². The molecule has 12 heteroatoms. The Balaban J connectivity index is 2.53. The van der Waals surface area contributed by atoms with E-state index in [0.29, 0.717) is 12.1 Å². The number of carbonyl (C=O) groups is 1. The first-order chi connectivity index (χ1) is 12.5. The highest BCUT2D eigenvalue weighted by molar-refractivity contribution is 5.88. The van der Waals surface area contributed by atoms with Crippen molar-refractivity contribution in [3.05, 3.63) is 57.6 Å². The first-order valence-corrected chi connectivity index (χ1v) is 6.84. The van der Waals surface area contributed by atoms with Crippen LogP contribution < -0.4 is 9.47 Å². The maximum Gasteiger partial charge on any atom is 0.416 e. The zero-order chi connectivity index (χ0) is 20.4. The molecule has 7 nitrogen and oxygen atoms in total. The second kappa shape index (κ2) is 7.43. The number of hydrogen-bond acceptors (Lipinski definition) is 5. The number of nitro benzene ring substituents is 1. The van der Waals surface area contributed by atoms with Crippen molar-refractivity contribution in [1.29, 1.82) is 0 Å². The van der Waals surface area contributed by atoms with Crippen LogP contribution in [0.3, 0.4) is 0 Å². The Kier molecular flexibility index (Phi) is 5.47. The molecule has 0 aromatic heterocycles. The van der Waals surface area contributed by atoms with E-state index in [2.05, 4.69) is 4.74 Å². The molecular formula is C15H8F5NO6. The minimum absolute atomic E-state index is 0.198. The summed E-state index contributed by atoms with van der Waals surface area (Å²) in [7, 11) is 0. The lowest BCUT2D eigenvalue weighted by molar-refractivity contribution is -0.385. The number of rotatable bonds is 6. The molecule has 0 bridgehead atoms. The van der Waals surface area contributed by atoms with Crippen molar-refractivity contribution in [2.75, 3.05) is 0 Å². The van der Waals surface area contributed by atoms with Gasteiger partial charge in [0.05, 0.1) is 16.1 Å². The summed E-state index contributed by atoms with van der Waals surface area (Å²) in [6.07, 6.45) is -4.86. The van der Waals surface area contributed by atoms with Gasteiger partial charge in [0.1, 0.15) is 0 Å². The fraction of sp³-hybridized carbons (Fsp3) is 0.133. The molecule has 0 spiro atoms. The largest absolute Gasteiger partial charge is 0.478 e. The molecule has 0 radical (unpaired) electrons. The van der Waals surface area contributed by atoms with Crippen molar-refractivity contribution in [2.45, 2.75) is 12.8 Å². The van der Waals surface area contributed by atoms with Crippen molar-refractivity contribution < 1.29 is 46.3 Å². The van der Waals surface area contributed by atoms with Gasteiger partial charge in [0.25, 0.3) is 0 Å². The molecule has 0 aliphatic rings. The van der Waals surface area contributed by atoms with Gasteiger partial charge >= 0.3 is 24.4 Å². The van der Waals surface area contributed by atoms with Crippen LogP contribution in [0.4, 0.5) is 27.6 Å². The number of halogens is 5. The van der Waals surface area contributed by atoms with Gasteiger partial charge in [-0.3, -0.25) is 10.1 Å². The van der Waals surface area contributed by atoms with E-state index in [4.69, 9.17) is 9.84 Å². The zero-order valence-electron chi connectivity index (χ0n) is 12.9. The number of ether oxygens (including phenoxy) is 2. The predicted octanol–water partition coefficient (Wildman–Crippen LogP) is 4.71. The van der Waals surface area contributed by atoms with E-state index < -0.39 is 57.7 Å². The molecule has 144 valence electrons. The van der Waals surface area contributed by atoms with E-state index in [-0.39, 0.29) is 6.07 Å². The Labute approximate surface area is 146 Å². The first kappa shape index (κ1) is 19.9. The van der Waals surface area contributed by atoms with E-state index in [0.717, 1.165) is 18.2 Å². The fourth-order valence-electron chi connectivity index (χ4n) is 1.96. The smallest absolute Gasteiger partial charge is 0.416 e. The molecule has 2 aromatic carbocycles. The highest BCUT2D eigenvalue weighted by Crippen LogP contribution is 2.40. The number of nitro groups is 1. The van der Waals surface area contributed by atoms with Crippen molar-refractivity contribution >= 4 is 11.7 Å². The minimum Gasteiger partial charge on any atom is -0.478 e. The molecule has 0 unspecified atom stereocenters. The summed E-state index contributed by atoms with van der Waals surface area (Å²) in [5.74, 6) is -3.51. The summed E-state index contributed by atoms with van der Waals surface area (Å²) in [6, 6.07) is 3.76. The molecule has 0 amide bonds. The minimum atomic E-state index is -4.86. The molecule has 27 heavy (non-hydrogen) atoms. The molecule has 0 aliphatic carbocycles. The summed E-state index contributed by atoms with van der Waals surface area (Å²) < 4.78 is 72.2. The number of benzene rings is 2. The van der Waals surface area contributed by atoms with E-state index >= 15 is 0 Å². The normalized spacial score (nSPS) is 11.3. The third kappa shape index (κ3) is 4.80. The van der Waals surface area contributed by atoms with Gasteiger partial charge in [0, 0.05) is 6.07 Å². The van der Waals surface area contributed by atoms with Gasteiger partial charge in [-0.25, -0.2) is 4.79 Å². The van der Waals surface area contributed by atoms with E-state index in [9.17, 15) is 36.9 Å². The van der Waals surface area contributed by atoms with Crippen molar-refractivity contribution in [1.82, 2.24) is 0 Å². The van der Waals surface area contributed by atoms with Gasteiger partial charge < -0.3 is 14.6 Å². The number of aromatic carboxylic acids is 1. The average molecular weight is 393 g/mol. The lowest BCUT2D eigenvalue weighted by Gasteiger charge is -2.13. The second-order valence-electron chi connectivity index (χ2n) is 4.88.